The molecule has 1 aromatic heterocycles. The second kappa shape index (κ2) is 6.79. The number of hydrogen-bond acceptors (Lipinski definition) is 5. The van der Waals surface area contributed by atoms with E-state index in [0.29, 0.717) is 11.5 Å². The molecule has 0 radical (unpaired) electrons. The first-order valence-corrected chi connectivity index (χ1v) is 9.67. The molecule has 4 rings (SSSR count). The van der Waals surface area contributed by atoms with Crippen molar-refractivity contribution < 1.29 is 14.2 Å². The number of methoxy groups -OCH3 is 2. The van der Waals surface area contributed by atoms with Crippen LogP contribution in [0.4, 0.5) is 5.69 Å². The van der Waals surface area contributed by atoms with Gasteiger partial charge >= 0.3 is 0 Å². The Kier molecular flexibility index (Phi) is 4.35. The van der Waals surface area contributed by atoms with E-state index in [1.54, 1.807) is 20.4 Å². The molecule has 0 saturated heterocycles. The lowest BCUT2D eigenvalue weighted by Crippen LogP contribution is -1.95. The summed E-state index contributed by atoms with van der Waals surface area (Å²) in [7, 11) is 3.23. The van der Waals surface area contributed by atoms with E-state index in [4.69, 9.17) is 14.2 Å². The van der Waals surface area contributed by atoms with Gasteiger partial charge in [0.2, 0.25) is 0 Å². The lowest BCUT2D eigenvalue weighted by Gasteiger charge is -2.13. The SMILES string of the molecule is COc1cc2nccc(OC3=Cc4ccccc4N=I3)c2cc1OC. The van der Waals surface area contributed by atoms with Crippen molar-refractivity contribution in [1.29, 1.82) is 0 Å². The topological polar surface area (TPSA) is 52.9 Å². The van der Waals surface area contributed by atoms with Crippen molar-refractivity contribution in [2.24, 2.45) is 3.15 Å². The molecule has 1 aliphatic heterocycles. The zero-order chi connectivity index (χ0) is 17.2. The maximum Gasteiger partial charge on any atom is 0.177 e. The van der Waals surface area contributed by atoms with Crippen LogP contribution in [0.15, 0.2) is 55.6 Å². The second-order valence-electron chi connectivity index (χ2n) is 5.31. The van der Waals surface area contributed by atoms with E-state index < -0.39 is 21.0 Å². The summed E-state index contributed by atoms with van der Waals surface area (Å²) in [5.41, 5.74) is 2.91. The van der Waals surface area contributed by atoms with Gasteiger partial charge in [0.25, 0.3) is 0 Å². The van der Waals surface area contributed by atoms with E-state index in [0.717, 1.165) is 31.7 Å². The van der Waals surface area contributed by atoms with Crippen molar-refractivity contribution in [3.8, 4) is 17.2 Å². The third-order valence-electron chi connectivity index (χ3n) is 3.84. The Morgan fingerprint density at radius 3 is 2.56 bits per heavy atom. The molecule has 5 nitrogen and oxygen atoms in total. The minimum absolute atomic E-state index is 0.556. The molecule has 0 saturated carbocycles. The summed E-state index contributed by atoms with van der Waals surface area (Å²) in [6, 6.07) is 13.7. The van der Waals surface area contributed by atoms with Crippen LogP contribution < -0.4 is 14.2 Å². The molecular formula is C19H15IN2O3. The monoisotopic (exact) mass is 446 g/mol. The number of rotatable bonds is 4. The Bertz CT molecular complexity index is 1010. The van der Waals surface area contributed by atoms with Gasteiger partial charge in [0, 0.05) is 23.2 Å². The van der Waals surface area contributed by atoms with Crippen LogP contribution in [-0.2, 0) is 0 Å². The number of pyridine rings is 1. The maximum atomic E-state index is 6.18. The fourth-order valence-electron chi connectivity index (χ4n) is 2.61. The largest absolute Gasteiger partial charge is 0.493 e. The summed E-state index contributed by atoms with van der Waals surface area (Å²) in [5, 5.41) is 0.879. The third kappa shape index (κ3) is 3.09. The fraction of sp³-hybridized carbons (Fsp3) is 0.105. The minimum atomic E-state index is -0.556. The molecule has 126 valence electrons. The Morgan fingerprint density at radius 2 is 1.72 bits per heavy atom. The maximum absolute atomic E-state index is 6.18. The van der Waals surface area contributed by atoms with Crippen molar-refractivity contribution >= 4 is 43.7 Å². The molecule has 0 aliphatic carbocycles. The van der Waals surface area contributed by atoms with Gasteiger partial charge in [-0.3, -0.25) is 4.98 Å². The van der Waals surface area contributed by atoms with Crippen LogP contribution in [-0.4, -0.2) is 19.2 Å². The quantitative estimate of drug-likeness (QED) is 0.502. The van der Waals surface area contributed by atoms with Crippen LogP contribution in [0.3, 0.4) is 0 Å². The molecule has 6 heteroatoms. The number of nitrogens with zero attached hydrogens (tertiary/aromatic N) is 2. The summed E-state index contributed by atoms with van der Waals surface area (Å²) < 4.78 is 22.5. The van der Waals surface area contributed by atoms with Crippen LogP contribution in [0.5, 0.6) is 17.2 Å². The fourth-order valence-corrected chi connectivity index (χ4v) is 4.36. The summed E-state index contributed by atoms with van der Waals surface area (Å²) in [6.45, 7) is 0. The first-order chi connectivity index (χ1) is 12.3. The standard InChI is InChI=1S/C19H15IN2O3/c1-23-17-10-13-15(11-18(17)24-2)21-8-7-16(13)25-19-9-12-5-3-4-6-14(12)22-20-19/h3-11H,1-2H3. The van der Waals surface area contributed by atoms with E-state index in [2.05, 4.69) is 14.2 Å². The minimum Gasteiger partial charge on any atom is -0.493 e. The number of hydrogen-bond donors (Lipinski definition) is 0. The highest BCUT2D eigenvalue weighted by Crippen LogP contribution is 2.39. The molecule has 2 aromatic carbocycles. The smallest absolute Gasteiger partial charge is 0.177 e. The normalized spacial score (nSPS) is 12.8. The van der Waals surface area contributed by atoms with Crippen LogP contribution in [0.2, 0.25) is 0 Å². The highest BCUT2D eigenvalue weighted by Gasteiger charge is 2.13. The molecule has 0 N–H and O–H groups in total. The molecule has 0 amide bonds. The molecule has 0 spiro atoms. The van der Waals surface area contributed by atoms with Gasteiger partial charge in [0.15, 0.2) is 15.3 Å². The molecule has 25 heavy (non-hydrogen) atoms. The summed E-state index contributed by atoms with van der Waals surface area (Å²) in [5.74, 6) is 2.04. The molecule has 1 aliphatic rings. The molecule has 2 heterocycles. The lowest BCUT2D eigenvalue weighted by atomic mass is 10.1. The van der Waals surface area contributed by atoms with Crippen LogP contribution in [0.1, 0.15) is 5.56 Å². The molecule has 0 fully saturated rings. The van der Waals surface area contributed by atoms with E-state index in [-0.39, 0.29) is 0 Å². The van der Waals surface area contributed by atoms with Gasteiger partial charge in [-0.25, -0.2) is 3.15 Å². The van der Waals surface area contributed by atoms with Crippen molar-refractivity contribution in [3.05, 3.63) is 58.0 Å². The molecule has 0 unspecified atom stereocenters. The number of halogens is 1. The summed E-state index contributed by atoms with van der Waals surface area (Å²) in [4.78, 5) is 4.41. The first-order valence-electron chi connectivity index (χ1n) is 7.63. The van der Waals surface area contributed by atoms with Crippen molar-refractivity contribution in [3.63, 3.8) is 0 Å². The lowest BCUT2D eigenvalue weighted by molar-refractivity contribution is 0.355. The molecular weight excluding hydrogens is 431 g/mol. The molecule has 0 atom stereocenters. The Labute approximate surface area is 155 Å². The number of ether oxygens (including phenoxy) is 3. The van der Waals surface area contributed by atoms with Crippen LogP contribution >= 0.6 is 21.0 Å². The van der Waals surface area contributed by atoms with Crippen molar-refractivity contribution in [2.75, 3.05) is 14.2 Å². The second-order valence-corrected chi connectivity index (χ2v) is 7.34. The Hall–Kier alpha value is -2.48. The van der Waals surface area contributed by atoms with Gasteiger partial charge in [0.1, 0.15) is 5.75 Å². The van der Waals surface area contributed by atoms with E-state index >= 15 is 0 Å². The zero-order valence-electron chi connectivity index (χ0n) is 13.7. The predicted octanol–water partition coefficient (Wildman–Crippen LogP) is 5.43. The Balaban J connectivity index is 1.75. The van der Waals surface area contributed by atoms with Gasteiger partial charge in [-0.2, -0.15) is 0 Å². The highest BCUT2D eigenvalue weighted by molar-refractivity contribution is 14.2. The van der Waals surface area contributed by atoms with E-state index in [1.165, 1.54) is 0 Å². The van der Waals surface area contributed by atoms with Crippen LogP contribution in [0, 0.1) is 0 Å². The van der Waals surface area contributed by atoms with Gasteiger partial charge in [-0.1, -0.05) is 18.2 Å². The van der Waals surface area contributed by atoms with E-state index in [1.807, 2.05) is 42.5 Å². The zero-order valence-corrected chi connectivity index (χ0v) is 15.9. The van der Waals surface area contributed by atoms with Gasteiger partial charge in [-0.15, -0.1) is 0 Å². The predicted molar refractivity (Wildman–Crippen MR) is 106 cm³/mol. The van der Waals surface area contributed by atoms with E-state index in [9.17, 15) is 0 Å². The van der Waals surface area contributed by atoms with Gasteiger partial charge in [-0.05, 0) is 24.3 Å². The molecule has 0 bridgehead atoms. The summed E-state index contributed by atoms with van der Waals surface area (Å²) >= 11 is -0.556. The molecule has 3 aromatic rings. The van der Waals surface area contributed by atoms with Gasteiger partial charge in [0.05, 0.1) is 46.5 Å². The highest BCUT2D eigenvalue weighted by atomic mass is 127. The first kappa shape index (κ1) is 16.0. The number of fused-ring (bicyclic) bond motifs is 2. The van der Waals surface area contributed by atoms with Crippen LogP contribution in [0.25, 0.3) is 17.0 Å². The summed E-state index contributed by atoms with van der Waals surface area (Å²) in [6.07, 6.45) is 3.80. The average Bonchev–Trinajstić information content (AvgIpc) is 2.67. The Morgan fingerprint density at radius 1 is 0.920 bits per heavy atom. The number of benzene rings is 2. The van der Waals surface area contributed by atoms with Crippen molar-refractivity contribution in [2.45, 2.75) is 0 Å². The third-order valence-corrected chi connectivity index (χ3v) is 5.60. The average molecular weight is 446 g/mol. The van der Waals surface area contributed by atoms with Gasteiger partial charge < -0.3 is 14.2 Å². The van der Waals surface area contributed by atoms with Crippen molar-refractivity contribution in [1.82, 2.24) is 4.98 Å². The number of aromatic nitrogens is 1.